The van der Waals surface area contributed by atoms with Crippen molar-refractivity contribution < 1.29 is 9.90 Å². The van der Waals surface area contributed by atoms with Crippen LogP contribution in [-0.4, -0.2) is 16.1 Å². The summed E-state index contributed by atoms with van der Waals surface area (Å²) in [5, 5.41) is 12.2. The molecule has 0 radical (unpaired) electrons. The van der Waals surface area contributed by atoms with Crippen LogP contribution in [0.25, 0.3) is 0 Å². The summed E-state index contributed by atoms with van der Waals surface area (Å²) in [7, 11) is 0. The third-order valence-electron chi connectivity index (χ3n) is 2.90. The van der Waals surface area contributed by atoms with Crippen molar-refractivity contribution in [2.45, 2.75) is 20.4 Å². The second-order valence-corrected chi connectivity index (χ2v) is 4.35. The molecule has 0 saturated heterocycles. The average Bonchev–Trinajstić information content (AvgIpc) is 2.76. The van der Waals surface area contributed by atoms with E-state index >= 15 is 0 Å². The third-order valence-corrected chi connectivity index (χ3v) is 2.90. The molecule has 3 N–H and O–H groups in total. The monoisotopic (exact) mass is 244 g/mol. The van der Waals surface area contributed by atoms with E-state index in [2.05, 4.69) is 16.4 Å². The first kappa shape index (κ1) is 12.2. The quantitative estimate of drug-likeness (QED) is 0.774. The van der Waals surface area contributed by atoms with Crippen LogP contribution in [0, 0.1) is 13.8 Å². The minimum atomic E-state index is -0.909. The summed E-state index contributed by atoms with van der Waals surface area (Å²) in [5.41, 5.74) is 4.38. The largest absolute Gasteiger partial charge is 0.478 e. The van der Waals surface area contributed by atoms with Gasteiger partial charge >= 0.3 is 5.97 Å². The third kappa shape index (κ3) is 2.53. The first-order valence-corrected chi connectivity index (χ1v) is 5.78. The number of benzene rings is 1. The van der Waals surface area contributed by atoms with Gasteiger partial charge in [0.05, 0.1) is 12.1 Å². The van der Waals surface area contributed by atoms with E-state index in [0.29, 0.717) is 17.8 Å². The molecule has 0 spiro atoms. The van der Waals surface area contributed by atoms with Gasteiger partial charge in [0.1, 0.15) is 0 Å². The van der Waals surface area contributed by atoms with E-state index in [9.17, 15) is 4.79 Å². The molecule has 0 fully saturated rings. The summed E-state index contributed by atoms with van der Waals surface area (Å²) in [6, 6.07) is 7.70. The summed E-state index contributed by atoms with van der Waals surface area (Å²) in [6.07, 6.45) is 1.64. The van der Waals surface area contributed by atoms with Crippen molar-refractivity contribution in [3.63, 3.8) is 0 Å². The number of nitrogens with one attached hydrogen (secondary N) is 2. The average molecular weight is 244 g/mol. The molecule has 0 saturated carbocycles. The molecule has 1 aromatic carbocycles. The van der Waals surface area contributed by atoms with Gasteiger partial charge in [-0.3, -0.25) is 0 Å². The van der Waals surface area contributed by atoms with Crippen LogP contribution in [0.4, 0.5) is 5.69 Å². The number of rotatable bonds is 4. The number of H-pyrrole nitrogens is 1. The molecular weight excluding hydrogens is 228 g/mol. The molecule has 0 atom stereocenters. The Kier molecular flexibility index (Phi) is 3.37. The highest BCUT2D eigenvalue weighted by Gasteiger charge is 2.10. The van der Waals surface area contributed by atoms with Crippen molar-refractivity contribution in [2.75, 3.05) is 5.32 Å². The zero-order valence-corrected chi connectivity index (χ0v) is 10.4. The lowest BCUT2D eigenvalue weighted by Gasteiger charge is -2.10. The van der Waals surface area contributed by atoms with Gasteiger partial charge in [-0.25, -0.2) is 4.79 Å². The molecule has 0 aliphatic carbocycles. The van der Waals surface area contributed by atoms with Crippen molar-refractivity contribution >= 4 is 11.7 Å². The molecule has 0 aliphatic heterocycles. The molecule has 0 unspecified atom stereocenters. The van der Waals surface area contributed by atoms with E-state index in [1.807, 2.05) is 26.0 Å². The Morgan fingerprint density at radius 3 is 2.78 bits per heavy atom. The van der Waals surface area contributed by atoms with E-state index < -0.39 is 5.97 Å². The number of carboxylic acid groups (broad SMARTS) is 1. The fourth-order valence-corrected chi connectivity index (χ4v) is 1.95. The maximum atomic E-state index is 11.0. The van der Waals surface area contributed by atoms with Gasteiger partial charge < -0.3 is 15.4 Å². The van der Waals surface area contributed by atoms with Gasteiger partial charge in [0, 0.05) is 17.6 Å². The molecule has 4 nitrogen and oxygen atoms in total. The van der Waals surface area contributed by atoms with Crippen LogP contribution in [0.1, 0.15) is 27.2 Å². The van der Waals surface area contributed by atoms with Gasteiger partial charge in [-0.1, -0.05) is 17.7 Å². The topological polar surface area (TPSA) is 65.1 Å². The molecule has 2 rings (SSSR count). The zero-order valence-electron chi connectivity index (χ0n) is 10.4. The first-order chi connectivity index (χ1) is 8.58. The molecule has 2 aromatic rings. The van der Waals surface area contributed by atoms with Crippen LogP contribution in [-0.2, 0) is 6.54 Å². The highest BCUT2D eigenvalue weighted by Crippen LogP contribution is 2.17. The fraction of sp³-hybridized carbons (Fsp3) is 0.214. The van der Waals surface area contributed by atoms with Crippen LogP contribution >= 0.6 is 0 Å². The Bertz CT molecular complexity index is 573. The SMILES string of the molecule is Cc1ccc(NCc2[nH]ccc2C(=O)O)c(C)c1. The molecule has 0 bridgehead atoms. The zero-order chi connectivity index (χ0) is 13.1. The van der Waals surface area contributed by atoms with Gasteiger partial charge in [0.25, 0.3) is 0 Å². The van der Waals surface area contributed by atoms with Gasteiger partial charge in [0.15, 0.2) is 0 Å². The number of aromatic carboxylic acids is 1. The number of hydrogen-bond donors (Lipinski definition) is 3. The number of hydrogen-bond acceptors (Lipinski definition) is 2. The maximum Gasteiger partial charge on any atom is 0.337 e. The van der Waals surface area contributed by atoms with Gasteiger partial charge in [-0.05, 0) is 31.5 Å². The Labute approximate surface area is 106 Å². The molecule has 94 valence electrons. The van der Waals surface area contributed by atoms with Crippen molar-refractivity contribution in [1.29, 1.82) is 0 Å². The number of aromatic nitrogens is 1. The van der Waals surface area contributed by atoms with Gasteiger partial charge in [-0.2, -0.15) is 0 Å². The standard InChI is InChI=1S/C14H16N2O2/c1-9-3-4-12(10(2)7-9)16-8-13-11(14(17)18)5-6-15-13/h3-7,15-16H,8H2,1-2H3,(H,17,18). The lowest BCUT2D eigenvalue weighted by molar-refractivity contribution is 0.0696. The molecular formula is C14H16N2O2. The van der Waals surface area contributed by atoms with Crippen molar-refractivity contribution in [3.05, 3.63) is 52.8 Å². The summed E-state index contributed by atoms with van der Waals surface area (Å²) in [4.78, 5) is 13.9. The minimum absolute atomic E-state index is 0.312. The Morgan fingerprint density at radius 1 is 1.33 bits per heavy atom. The number of anilines is 1. The predicted octanol–water partition coefficient (Wildman–Crippen LogP) is 2.94. The second-order valence-electron chi connectivity index (χ2n) is 4.35. The summed E-state index contributed by atoms with van der Waals surface area (Å²) >= 11 is 0. The fourth-order valence-electron chi connectivity index (χ4n) is 1.95. The summed E-state index contributed by atoms with van der Waals surface area (Å²) < 4.78 is 0. The summed E-state index contributed by atoms with van der Waals surface area (Å²) in [5.74, 6) is -0.909. The van der Waals surface area contributed by atoms with E-state index in [1.165, 1.54) is 5.56 Å². The van der Waals surface area contributed by atoms with Gasteiger partial charge in [0.2, 0.25) is 0 Å². The number of aryl methyl sites for hydroxylation is 2. The predicted molar refractivity (Wildman–Crippen MR) is 71.0 cm³/mol. The van der Waals surface area contributed by atoms with Gasteiger partial charge in [-0.15, -0.1) is 0 Å². The highest BCUT2D eigenvalue weighted by atomic mass is 16.4. The second kappa shape index (κ2) is 4.96. The first-order valence-electron chi connectivity index (χ1n) is 5.78. The maximum absolute atomic E-state index is 11.0. The van der Waals surface area contributed by atoms with E-state index in [4.69, 9.17) is 5.11 Å². The van der Waals surface area contributed by atoms with Crippen LogP contribution < -0.4 is 5.32 Å². The lowest BCUT2D eigenvalue weighted by Crippen LogP contribution is -2.06. The van der Waals surface area contributed by atoms with Crippen LogP contribution in [0.2, 0.25) is 0 Å². The van der Waals surface area contributed by atoms with Crippen molar-refractivity contribution in [1.82, 2.24) is 4.98 Å². The van der Waals surface area contributed by atoms with Crippen LogP contribution in [0.5, 0.6) is 0 Å². The number of carbonyl (C=O) groups is 1. The molecule has 0 aliphatic rings. The Morgan fingerprint density at radius 2 is 2.11 bits per heavy atom. The van der Waals surface area contributed by atoms with E-state index in [1.54, 1.807) is 12.3 Å². The summed E-state index contributed by atoms with van der Waals surface area (Å²) in [6.45, 7) is 4.55. The highest BCUT2D eigenvalue weighted by molar-refractivity contribution is 5.89. The van der Waals surface area contributed by atoms with Crippen LogP contribution in [0.15, 0.2) is 30.5 Å². The Hall–Kier alpha value is -2.23. The van der Waals surface area contributed by atoms with Crippen molar-refractivity contribution in [3.8, 4) is 0 Å². The number of aromatic amines is 1. The number of carboxylic acids is 1. The molecule has 1 aromatic heterocycles. The normalized spacial score (nSPS) is 10.3. The lowest BCUT2D eigenvalue weighted by atomic mass is 10.1. The minimum Gasteiger partial charge on any atom is -0.478 e. The molecule has 0 amide bonds. The molecule has 4 heteroatoms. The van der Waals surface area contributed by atoms with Crippen LogP contribution in [0.3, 0.4) is 0 Å². The van der Waals surface area contributed by atoms with E-state index in [0.717, 1.165) is 11.3 Å². The van der Waals surface area contributed by atoms with E-state index in [-0.39, 0.29) is 0 Å². The Balaban J connectivity index is 2.11. The molecule has 18 heavy (non-hydrogen) atoms. The molecule has 1 heterocycles. The van der Waals surface area contributed by atoms with Crippen molar-refractivity contribution in [2.24, 2.45) is 0 Å². The smallest absolute Gasteiger partial charge is 0.337 e.